The average Bonchev–Trinajstić information content (AvgIpc) is 2.57. The van der Waals surface area contributed by atoms with Gasteiger partial charge in [0.15, 0.2) is 0 Å². The quantitative estimate of drug-likeness (QED) is 0.586. The summed E-state index contributed by atoms with van der Waals surface area (Å²) in [6.45, 7) is 4.84. The average molecular weight is 190 g/mol. The predicted octanol–water partition coefficient (Wildman–Crippen LogP) is 4.17. The molecule has 0 N–H and O–H groups in total. The lowest BCUT2D eigenvalue weighted by molar-refractivity contribution is 0.163. The molecule has 0 bridgehead atoms. The van der Waals surface area contributed by atoms with Crippen molar-refractivity contribution in [2.75, 3.05) is 0 Å². The molecule has 2 saturated carbocycles. The van der Waals surface area contributed by atoms with Crippen LogP contribution < -0.4 is 0 Å². The normalized spacial score (nSPS) is 54.1. The predicted molar refractivity (Wildman–Crippen MR) is 60.0 cm³/mol. The van der Waals surface area contributed by atoms with Crippen molar-refractivity contribution in [1.82, 2.24) is 0 Å². The maximum atomic E-state index is 2.59. The molecule has 0 radical (unpaired) electrons. The van der Waals surface area contributed by atoms with Crippen molar-refractivity contribution in [3.8, 4) is 0 Å². The van der Waals surface area contributed by atoms with Crippen LogP contribution in [0.2, 0.25) is 0 Å². The first-order chi connectivity index (χ1) is 6.81. The van der Waals surface area contributed by atoms with Crippen molar-refractivity contribution >= 4 is 0 Å². The minimum absolute atomic E-state index is 0.619. The molecular weight excluding hydrogens is 168 g/mol. The van der Waals surface area contributed by atoms with E-state index in [2.05, 4.69) is 26.0 Å². The van der Waals surface area contributed by atoms with Gasteiger partial charge >= 0.3 is 0 Å². The van der Waals surface area contributed by atoms with Crippen molar-refractivity contribution in [2.45, 2.75) is 52.4 Å². The zero-order valence-corrected chi connectivity index (χ0v) is 9.55. The second kappa shape index (κ2) is 2.65. The summed E-state index contributed by atoms with van der Waals surface area (Å²) in [6.07, 6.45) is 13.7. The van der Waals surface area contributed by atoms with Gasteiger partial charge in [-0.25, -0.2) is 0 Å². The van der Waals surface area contributed by atoms with Gasteiger partial charge in [-0.1, -0.05) is 26.0 Å². The van der Waals surface area contributed by atoms with Gasteiger partial charge in [-0.05, 0) is 61.2 Å². The van der Waals surface area contributed by atoms with Gasteiger partial charge in [-0.3, -0.25) is 0 Å². The largest absolute Gasteiger partial charge is 0.0879 e. The molecule has 0 saturated heterocycles. The first kappa shape index (κ1) is 9.00. The van der Waals surface area contributed by atoms with Crippen LogP contribution in [0.5, 0.6) is 0 Å². The fraction of sp³-hybridized carbons (Fsp3) is 0.857. The van der Waals surface area contributed by atoms with E-state index in [0.717, 1.165) is 17.3 Å². The van der Waals surface area contributed by atoms with Crippen LogP contribution in [0.1, 0.15) is 52.4 Å². The van der Waals surface area contributed by atoms with Crippen LogP contribution in [0.25, 0.3) is 0 Å². The van der Waals surface area contributed by atoms with E-state index in [-0.39, 0.29) is 0 Å². The first-order valence-electron chi connectivity index (χ1n) is 6.48. The highest BCUT2D eigenvalue weighted by molar-refractivity contribution is 5.28. The third kappa shape index (κ3) is 0.741. The Balaban J connectivity index is 1.95. The zero-order valence-electron chi connectivity index (χ0n) is 9.55. The van der Waals surface area contributed by atoms with Crippen LogP contribution in [-0.4, -0.2) is 0 Å². The zero-order chi connectivity index (χ0) is 9.81. The number of allylic oxidation sites excluding steroid dienone is 2. The maximum absolute atomic E-state index is 2.59. The summed E-state index contributed by atoms with van der Waals surface area (Å²) in [5.41, 5.74) is 1.38. The van der Waals surface area contributed by atoms with Crippen LogP contribution in [0, 0.1) is 22.7 Å². The Morgan fingerprint density at radius 2 is 1.86 bits per heavy atom. The molecule has 0 amide bonds. The first-order valence-corrected chi connectivity index (χ1v) is 6.48. The van der Waals surface area contributed by atoms with Crippen LogP contribution in [0.15, 0.2) is 12.2 Å². The molecule has 2 fully saturated rings. The minimum atomic E-state index is 0.619. The van der Waals surface area contributed by atoms with Crippen molar-refractivity contribution in [3.63, 3.8) is 0 Å². The third-order valence-corrected chi connectivity index (χ3v) is 5.83. The summed E-state index contributed by atoms with van der Waals surface area (Å²) in [6, 6.07) is 0. The topological polar surface area (TPSA) is 0 Å². The molecule has 3 atom stereocenters. The van der Waals surface area contributed by atoms with Crippen LogP contribution >= 0.6 is 0 Å². The van der Waals surface area contributed by atoms with Crippen LogP contribution in [0.4, 0.5) is 0 Å². The van der Waals surface area contributed by atoms with Gasteiger partial charge in [0.25, 0.3) is 0 Å². The minimum Gasteiger partial charge on any atom is -0.0879 e. The van der Waals surface area contributed by atoms with Gasteiger partial charge in [0.05, 0.1) is 0 Å². The van der Waals surface area contributed by atoms with E-state index in [1.54, 1.807) is 0 Å². The van der Waals surface area contributed by atoms with Gasteiger partial charge < -0.3 is 0 Å². The van der Waals surface area contributed by atoms with E-state index in [9.17, 15) is 0 Å². The molecule has 14 heavy (non-hydrogen) atoms. The number of rotatable bonds is 3. The highest BCUT2D eigenvalue weighted by Crippen LogP contribution is 2.81. The second-order valence-corrected chi connectivity index (χ2v) is 5.63. The fourth-order valence-electron chi connectivity index (χ4n) is 4.98. The fourth-order valence-corrected chi connectivity index (χ4v) is 4.98. The highest BCUT2D eigenvalue weighted by Gasteiger charge is 2.74. The van der Waals surface area contributed by atoms with Gasteiger partial charge in [0.2, 0.25) is 0 Å². The van der Waals surface area contributed by atoms with E-state index in [0.29, 0.717) is 5.41 Å². The molecule has 0 aromatic carbocycles. The Labute approximate surface area is 87.8 Å². The molecule has 3 rings (SSSR count). The standard InChI is InChI=1S/C14H22/c1-3-13(9-5-6-10-13)14(4-2)11-7-8-12(11)14/h5,9,11-12H,3-4,6-8,10H2,1-2H3. The van der Waals surface area contributed by atoms with E-state index in [1.807, 2.05) is 0 Å². The lowest BCUT2D eigenvalue weighted by atomic mass is 9.67. The Kier molecular flexibility index (Phi) is 1.70. The molecule has 0 aromatic rings. The summed E-state index contributed by atoms with van der Waals surface area (Å²) < 4.78 is 0. The van der Waals surface area contributed by atoms with Crippen LogP contribution in [0.3, 0.4) is 0 Å². The molecule has 3 aliphatic carbocycles. The van der Waals surface area contributed by atoms with E-state index >= 15 is 0 Å². The van der Waals surface area contributed by atoms with E-state index in [4.69, 9.17) is 0 Å². The molecular formula is C14H22. The molecule has 3 aliphatic rings. The molecule has 3 unspecified atom stereocenters. The summed E-state index contributed by atoms with van der Waals surface area (Å²) >= 11 is 0. The van der Waals surface area contributed by atoms with E-state index in [1.165, 1.54) is 38.5 Å². The molecule has 0 aliphatic heterocycles. The Morgan fingerprint density at radius 3 is 2.21 bits per heavy atom. The Bertz CT molecular complexity index is 266. The van der Waals surface area contributed by atoms with Crippen LogP contribution in [-0.2, 0) is 0 Å². The molecule has 78 valence electrons. The summed E-state index contributed by atoms with van der Waals surface area (Å²) in [7, 11) is 0. The number of fused-ring (bicyclic) bond motifs is 1. The number of hydrogen-bond donors (Lipinski definition) is 0. The van der Waals surface area contributed by atoms with E-state index < -0.39 is 0 Å². The summed E-state index contributed by atoms with van der Waals surface area (Å²) in [4.78, 5) is 0. The molecule has 0 nitrogen and oxygen atoms in total. The Morgan fingerprint density at radius 1 is 1.14 bits per heavy atom. The summed E-state index contributed by atoms with van der Waals surface area (Å²) in [5.74, 6) is 2.24. The third-order valence-electron chi connectivity index (χ3n) is 5.83. The smallest absolute Gasteiger partial charge is 0.00561 e. The Hall–Kier alpha value is -0.260. The van der Waals surface area contributed by atoms with Crippen molar-refractivity contribution in [1.29, 1.82) is 0 Å². The highest BCUT2D eigenvalue weighted by atomic mass is 14.8. The van der Waals surface area contributed by atoms with Gasteiger partial charge in [-0.2, -0.15) is 0 Å². The lowest BCUT2D eigenvalue weighted by Gasteiger charge is -2.36. The van der Waals surface area contributed by atoms with Crippen molar-refractivity contribution in [2.24, 2.45) is 22.7 Å². The monoisotopic (exact) mass is 190 g/mol. The van der Waals surface area contributed by atoms with Crippen molar-refractivity contribution in [3.05, 3.63) is 12.2 Å². The second-order valence-electron chi connectivity index (χ2n) is 5.63. The van der Waals surface area contributed by atoms with Gasteiger partial charge in [0.1, 0.15) is 0 Å². The number of hydrogen-bond acceptors (Lipinski definition) is 0. The summed E-state index contributed by atoms with van der Waals surface area (Å²) in [5, 5.41) is 0. The van der Waals surface area contributed by atoms with Crippen molar-refractivity contribution < 1.29 is 0 Å². The molecule has 0 spiro atoms. The molecule has 0 aromatic heterocycles. The maximum Gasteiger partial charge on any atom is -0.00561 e. The SMILES string of the molecule is CCC1(C2(CC)C3CCC32)C=CCC1. The molecule has 0 heterocycles. The van der Waals surface area contributed by atoms with Gasteiger partial charge in [-0.15, -0.1) is 0 Å². The van der Waals surface area contributed by atoms with Gasteiger partial charge in [0, 0.05) is 0 Å². The molecule has 0 heteroatoms. The lowest BCUT2D eigenvalue weighted by Crippen LogP contribution is -2.29.